The van der Waals surface area contributed by atoms with Crippen molar-refractivity contribution in [1.82, 2.24) is 0 Å². The lowest BCUT2D eigenvalue weighted by Gasteiger charge is -2.09. The lowest BCUT2D eigenvalue weighted by Crippen LogP contribution is -2.19. The van der Waals surface area contributed by atoms with Crippen molar-refractivity contribution in [3.8, 4) is 0 Å². The molecule has 0 amide bonds. The minimum absolute atomic E-state index is 0.239. The number of nitro groups is 1. The molecule has 0 unspecified atom stereocenters. The predicted molar refractivity (Wildman–Crippen MR) is 45.0 cm³/mol. The SMILES string of the molecule is O=C(O)C[C@H](O)C[C@H](O)C=C[N+](=O)[O-]. The van der Waals surface area contributed by atoms with Gasteiger partial charge in [-0.3, -0.25) is 14.9 Å². The summed E-state index contributed by atoms with van der Waals surface area (Å²) in [7, 11) is 0. The Hall–Kier alpha value is -1.47. The number of nitrogens with zero attached hydrogens (tertiary/aromatic N) is 1. The van der Waals surface area contributed by atoms with Crippen molar-refractivity contribution in [3.63, 3.8) is 0 Å². The zero-order chi connectivity index (χ0) is 11.1. The smallest absolute Gasteiger partial charge is 0.305 e. The van der Waals surface area contributed by atoms with Gasteiger partial charge >= 0.3 is 5.97 Å². The summed E-state index contributed by atoms with van der Waals surface area (Å²) in [6, 6.07) is 0. The third-order valence-corrected chi connectivity index (χ3v) is 1.35. The third-order valence-electron chi connectivity index (χ3n) is 1.35. The summed E-state index contributed by atoms with van der Waals surface area (Å²) in [4.78, 5) is 19.2. The summed E-state index contributed by atoms with van der Waals surface area (Å²) in [5, 5.41) is 36.1. The molecule has 0 saturated carbocycles. The number of carboxylic acids is 1. The second-order valence-electron chi connectivity index (χ2n) is 2.68. The van der Waals surface area contributed by atoms with Crippen molar-refractivity contribution in [2.75, 3.05) is 0 Å². The molecule has 0 fully saturated rings. The second-order valence-corrected chi connectivity index (χ2v) is 2.68. The first-order valence-electron chi connectivity index (χ1n) is 3.81. The first-order chi connectivity index (χ1) is 6.41. The maximum Gasteiger partial charge on any atom is 0.305 e. The van der Waals surface area contributed by atoms with Crippen LogP contribution in [0.2, 0.25) is 0 Å². The quantitative estimate of drug-likeness (QED) is 0.392. The van der Waals surface area contributed by atoms with Gasteiger partial charge in [0.2, 0.25) is 6.20 Å². The van der Waals surface area contributed by atoms with Gasteiger partial charge in [0.05, 0.1) is 23.6 Å². The van der Waals surface area contributed by atoms with Crippen LogP contribution in [0.3, 0.4) is 0 Å². The minimum Gasteiger partial charge on any atom is -0.481 e. The van der Waals surface area contributed by atoms with Gasteiger partial charge in [-0.05, 0) is 0 Å². The Morgan fingerprint density at radius 3 is 2.50 bits per heavy atom. The normalized spacial score (nSPS) is 15.3. The number of aliphatic hydroxyl groups excluding tert-OH is 2. The number of rotatable bonds is 6. The van der Waals surface area contributed by atoms with E-state index in [2.05, 4.69) is 0 Å². The minimum atomic E-state index is -1.21. The van der Waals surface area contributed by atoms with Gasteiger partial charge in [0.15, 0.2) is 0 Å². The summed E-state index contributed by atoms with van der Waals surface area (Å²) in [6.45, 7) is 0. The fraction of sp³-hybridized carbons (Fsp3) is 0.571. The second kappa shape index (κ2) is 6.06. The van der Waals surface area contributed by atoms with Gasteiger partial charge in [-0.2, -0.15) is 0 Å². The van der Waals surface area contributed by atoms with Crippen LogP contribution in [0, 0.1) is 10.1 Å². The summed E-state index contributed by atoms with van der Waals surface area (Å²) in [5.74, 6) is -1.19. The van der Waals surface area contributed by atoms with Gasteiger partial charge in [-0.25, -0.2) is 0 Å². The van der Waals surface area contributed by atoms with E-state index in [0.29, 0.717) is 6.20 Å². The van der Waals surface area contributed by atoms with Gasteiger partial charge in [0.1, 0.15) is 0 Å². The molecule has 0 spiro atoms. The van der Waals surface area contributed by atoms with Crippen molar-refractivity contribution in [3.05, 3.63) is 22.4 Å². The van der Waals surface area contributed by atoms with Gasteiger partial charge in [-0.15, -0.1) is 0 Å². The highest BCUT2D eigenvalue weighted by atomic mass is 16.6. The highest BCUT2D eigenvalue weighted by Gasteiger charge is 2.13. The van der Waals surface area contributed by atoms with E-state index in [4.69, 9.17) is 15.3 Å². The van der Waals surface area contributed by atoms with Crippen molar-refractivity contribution in [1.29, 1.82) is 0 Å². The summed E-state index contributed by atoms with van der Waals surface area (Å²) >= 11 is 0. The molecule has 0 rings (SSSR count). The number of hydrogen-bond acceptors (Lipinski definition) is 5. The lowest BCUT2D eigenvalue weighted by molar-refractivity contribution is -0.403. The molecule has 0 radical (unpaired) electrons. The zero-order valence-electron chi connectivity index (χ0n) is 7.24. The van der Waals surface area contributed by atoms with Crippen LogP contribution in [0.15, 0.2) is 12.3 Å². The van der Waals surface area contributed by atoms with E-state index in [0.717, 1.165) is 6.08 Å². The van der Waals surface area contributed by atoms with E-state index in [9.17, 15) is 14.9 Å². The van der Waals surface area contributed by atoms with E-state index in [1.807, 2.05) is 0 Å². The van der Waals surface area contributed by atoms with Crippen LogP contribution >= 0.6 is 0 Å². The summed E-state index contributed by atoms with van der Waals surface area (Å²) < 4.78 is 0. The topological polar surface area (TPSA) is 121 Å². The molecule has 7 nitrogen and oxygen atoms in total. The summed E-state index contributed by atoms with van der Waals surface area (Å²) in [5.41, 5.74) is 0. The Kier molecular flexibility index (Phi) is 5.42. The van der Waals surface area contributed by atoms with E-state index in [1.54, 1.807) is 0 Å². The standard InChI is InChI=1S/C7H11NO6/c9-5(1-2-8(13)14)3-6(10)4-7(11)12/h1-2,5-6,9-10H,3-4H2,(H,11,12)/t5-,6-/m1/s1. The van der Waals surface area contributed by atoms with E-state index in [-0.39, 0.29) is 6.42 Å². The molecule has 0 aromatic heterocycles. The first kappa shape index (κ1) is 12.5. The lowest BCUT2D eigenvalue weighted by atomic mass is 10.1. The Bertz CT molecular complexity index is 238. The molecule has 0 aromatic carbocycles. The van der Waals surface area contributed by atoms with Crippen LogP contribution in [0.1, 0.15) is 12.8 Å². The number of hydrogen-bond donors (Lipinski definition) is 3. The molecule has 14 heavy (non-hydrogen) atoms. The largest absolute Gasteiger partial charge is 0.481 e. The zero-order valence-corrected chi connectivity index (χ0v) is 7.24. The Morgan fingerprint density at radius 2 is 2.07 bits per heavy atom. The Balaban J connectivity index is 3.87. The number of aliphatic carboxylic acids is 1. The Morgan fingerprint density at radius 1 is 1.50 bits per heavy atom. The molecule has 0 aromatic rings. The van der Waals surface area contributed by atoms with Gasteiger partial charge in [0, 0.05) is 12.5 Å². The van der Waals surface area contributed by atoms with E-state index >= 15 is 0 Å². The van der Waals surface area contributed by atoms with Crippen LogP contribution in [-0.2, 0) is 4.79 Å². The maximum atomic E-state index is 10.1. The highest BCUT2D eigenvalue weighted by molar-refractivity contribution is 5.67. The average Bonchev–Trinajstić information content (AvgIpc) is 1.98. The average molecular weight is 205 g/mol. The van der Waals surface area contributed by atoms with Crippen LogP contribution in [0.5, 0.6) is 0 Å². The van der Waals surface area contributed by atoms with Crippen molar-refractivity contribution in [2.45, 2.75) is 25.0 Å². The molecule has 80 valence electrons. The van der Waals surface area contributed by atoms with E-state index in [1.165, 1.54) is 0 Å². The molecule has 0 aliphatic rings. The van der Waals surface area contributed by atoms with Gasteiger partial charge < -0.3 is 15.3 Å². The highest BCUT2D eigenvalue weighted by Crippen LogP contribution is 2.03. The molecule has 7 heteroatoms. The molecule has 0 heterocycles. The number of carbonyl (C=O) groups is 1. The van der Waals surface area contributed by atoms with Crippen molar-refractivity contribution in [2.24, 2.45) is 0 Å². The van der Waals surface area contributed by atoms with Gasteiger partial charge in [0.25, 0.3) is 0 Å². The molecule has 0 aliphatic heterocycles. The molecule has 3 N–H and O–H groups in total. The van der Waals surface area contributed by atoms with Crippen molar-refractivity contribution < 1.29 is 25.0 Å². The fourth-order valence-corrected chi connectivity index (χ4v) is 0.812. The molecular formula is C7H11NO6. The van der Waals surface area contributed by atoms with Gasteiger partial charge in [-0.1, -0.05) is 0 Å². The monoisotopic (exact) mass is 205 g/mol. The predicted octanol–water partition coefficient (Wildman–Crippen LogP) is -0.637. The first-order valence-corrected chi connectivity index (χ1v) is 3.81. The van der Waals surface area contributed by atoms with Crippen LogP contribution in [0.25, 0.3) is 0 Å². The summed E-state index contributed by atoms with van der Waals surface area (Å²) in [6.07, 6.45) is -1.74. The Labute approximate surface area is 79.4 Å². The maximum absolute atomic E-state index is 10.1. The number of carboxylic acid groups (broad SMARTS) is 1. The van der Waals surface area contributed by atoms with Crippen molar-refractivity contribution >= 4 is 5.97 Å². The third kappa shape index (κ3) is 7.19. The van der Waals surface area contributed by atoms with Crippen LogP contribution < -0.4 is 0 Å². The van der Waals surface area contributed by atoms with Crippen LogP contribution in [-0.4, -0.2) is 38.4 Å². The molecular weight excluding hydrogens is 194 g/mol. The van der Waals surface area contributed by atoms with Crippen LogP contribution in [0.4, 0.5) is 0 Å². The molecule has 2 atom stereocenters. The van der Waals surface area contributed by atoms with E-state index < -0.39 is 29.5 Å². The number of aliphatic hydroxyl groups is 2. The molecule has 0 aliphatic carbocycles. The molecule has 0 saturated heterocycles. The fourth-order valence-electron chi connectivity index (χ4n) is 0.812. The molecule has 0 bridgehead atoms.